The molecule has 5 heteroatoms. The third-order valence-electron chi connectivity index (χ3n) is 2.41. The molecule has 1 atom stereocenters. The molecule has 1 unspecified atom stereocenters. The average molecular weight is 254 g/mol. The number of anilines is 1. The number of aliphatic hydroxyl groups excluding tert-OH is 2. The Bertz CT molecular complexity index is 328. The van der Waals surface area contributed by atoms with Crippen molar-refractivity contribution in [2.24, 2.45) is 0 Å². The highest BCUT2D eigenvalue weighted by molar-refractivity contribution is 5.46. The molecule has 3 N–H and O–H groups in total. The second-order valence-corrected chi connectivity index (χ2v) is 4.39. The molecule has 0 aliphatic rings. The summed E-state index contributed by atoms with van der Waals surface area (Å²) in [6, 6.07) is 7.52. The van der Waals surface area contributed by atoms with E-state index in [0.717, 1.165) is 18.0 Å². The van der Waals surface area contributed by atoms with Gasteiger partial charge in [0.05, 0.1) is 12.7 Å². The van der Waals surface area contributed by atoms with Crippen LogP contribution in [0.3, 0.4) is 0 Å². The molecule has 0 spiro atoms. The second-order valence-electron chi connectivity index (χ2n) is 4.39. The zero-order chi connectivity index (χ0) is 13.4. The topological polar surface area (TPSA) is 65.0 Å². The monoisotopic (exact) mass is 254 g/mol. The van der Waals surface area contributed by atoms with Gasteiger partial charge in [-0.2, -0.15) is 0 Å². The van der Waals surface area contributed by atoms with E-state index in [1.807, 2.05) is 38.4 Å². The first-order valence-electron chi connectivity index (χ1n) is 6.02. The lowest BCUT2D eigenvalue weighted by molar-refractivity contribution is 0.105. The van der Waals surface area contributed by atoms with Gasteiger partial charge in [0.2, 0.25) is 0 Å². The SMILES string of the molecule is CN(C)CCOc1ccc(NCC(O)CO)cc1. The van der Waals surface area contributed by atoms with E-state index in [-0.39, 0.29) is 6.61 Å². The van der Waals surface area contributed by atoms with Crippen LogP contribution in [-0.2, 0) is 0 Å². The van der Waals surface area contributed by atoms with Crippen molar-refractivity contribution in [3.8, 4) is 5.75 Å². The van der Waals surface area contributed by atoms with Crippen molar-refractivity contribution in [2.75, 3.05) is 45.7 Å². The van der Waals surface area contributed by atoms with Crippen LogP contribution in [0, 0.1) is 0 Å². The third kappa shape index (κ3) is 5.86. The van der Waals surface area contributed by atoms with Gasteiger partial charge in [0.25, 0.3) is 0 Å². The molecule has 0 aliphatic carbocycles. The molecule has 0 aromatic heterocycles. The van der Waals surface area contributed by atoms with Gasteiger partial charge in [-0.15, -0.1) is 0 Å². The summed E-state index contributed by atoms with van der Waals surface area (Å²) in [6.07, 6.45) is -0.735. The van der Waals surface area contributed by atoms with Gasteiger partial charge in [-0.25, -0.2) is 0 Å². The number of rotatable bonds is 8. The molecule has 1 aromatic rings. The van der Waals surface area contributed by atoms with Gasteiger partial charge in [-0.1, -0.05) is 0 Å². The summed E-state index contributed by atoms with van der Waals surface area (Å²) in [7, 11) is 4.01. The lowest BCUT2D eigenvalue weighted by Gasteiger charge is -2.12. The molecule has 5 nitrogen and oxygen atoms in total. The van der Waals surface area contributed by atoms with E-state index < -0.39 is 6.10 Å². The Labute approximate surface area is 108 Å². The molecule has 0 radical (unpaired) electrons. The predicted octanol–water partition coefficient (Wildman–Crippen LogP) is 0.392. The lowest BCUT2D eigenvalue weighted by atomic mass is 10.3. The van der Waals surface area contributed by atoms with Crippen LogP contribution in [0.2, 0.25) is 0 Å². The van der Waals surface area contributed by atoms with Crippen LogP contribution in [0.25, 0.3) is 0 Å². The molecule has 1 aromatic carbocycles. The van der Waals surface area contributed by atoms with Crippen LogP contribution in [0.1, 0.15) is 0 Å². The van der Waals surface area contributed by atoms with Crippen molar-refractivity contribution >= 4 is 5.69 Å². The number of benzene rings is 1. The van der Waals surface area contributed by atoms with Crippen LogP contribution >= 0.6 is 0 Å². The first-order valence-corrected chi connectivity index (χ1v) is 6.02. The standard InChI is InChI=1S/C13H22N2O3/c1-15(2)7-8-18-13-5-3-11(4-6-13)14-9-12(17)10-16/h3-6,12,14,16-17H,7-10H2,1-2H3. The van der Waals surface area contributed by atoms with E-state index in [2.05, 4.69) is 10.2 Å². The molecule has 0 saturated heterocycles. The van der Waals surface area contributed by atoms with E-state index in [1.165, 1.54) is 0 Å². The van der Waals surface area contributed by atoms with Gasteiger partial charge in [0.15, 0.2) is 0 Å². The lowest BCUT2D eigenvalue weighted by Crippen LogP contribution is -2.22. The fourth-order valence-corrected chi connectivity index (χ4v) is 1.32. The second kappa shape index (κ2) is 7.92. The first-order chi connectivity index (χ1) is 8.61. The van der Waals surface area contributed by atoms with Crippen LogP contribution in [0.15, 0.2) is 24.3 Å². The highest BCUT2D eigenvalue weighted by atomic mass is 16.5. The van der Waals surface area contributed by atoms with Gasteiger partial charge in [0.1, 0.15) is 12.4 Å². The summed E-state index contributed by atoms with van der Waals surface area (Å²) < 4.78 is 5.56. The number of ether oxygens (including phenoxy) is 1. The highest BCUT2D eigenvalue weighted by Gasteiger charge is 2.01. The van der Waals surface area contributed by atoms with E-state index in [9.17, 15) is 5.11 Å². The summed E-state index contributed by atoms with van der Waals surface area (Å²) in [5, 5.41) is 20.9. The van der Waals surface area contributed by atoms with Crippen molar-refractivity contribution in [3.63, 3.8) is 0 Å². The Morgan fingerprint density at radius 2 is 1.94 bits per heavy atom. The zero-order valence-corrected chi connectivity index (χ0v) is 11.0. The van der Waals surface area contributed by atoms with E-state index >= 15 is 0 Å². The average Bonchev–Trinajstić information content (AvgIpc) is 2.37. The molecule has 0 fully saturated rings. The quantitative estimate of drug-likeness (QED) is 0.626. The molecule has 0 saturated carbocycles. The van der Waals surface area contributed by atoms with Crippen molar-refractivity contribution in [2.45, 2.75) is 6.10 Å². The fraction of sp³-hybridized carbons (Fsp3) is 0.538. The van der Waals surface area contributed by atoms with Gasteiger partial charge in [-0.05, 0) is 38.4 Å². The Morgan fingerprint density at radius 3 is 2.50 bits per heavy atom. The molecule has 18 heavy (non-hydrogen) atoms. The summed E-state index contributed by atoms with van der Waals surface area (Å²) in [5.41, 5.74) is 0.891. The number of hydrogen-bond donors (Lipinski definition) is 3. The van der Waals surface area contributed by atoms with E-state index in [4.69, 9.17) is 9.84 Å². The van der Waals surface area contributed by atoms with Crippen molar-refractivity contribution in [3.05, 3.63) is 24.3 Å². The van der Waals surface area contributed by atoms with Gasteiger partial charge in [-0.3, -0.25) is 0 Å². The molecule has 0 amide bonds. The molecule has 0 heterocycles. The molecular formula is C13H22N2O3. The predicted molar refractivity (Wildman–Crippen MR) is 72.1 cm³/mol. The normalized spacial score (nSPS) is 12.5. The maximum absolute atomic E-state index is 9.20. The highest BCUT2D eigenvalue weighted by Crippen LogP contribution is 2.15. The Hall–Kier alpha value is -1.30. The van der Waals surface area contributed by atoms with Crippen molar-refractivity contribution < 1.29 is 14.9 Å². The molecule has 1 rings (SSSR count). The summed E-state index contributed by atoms with van der Waals surface area (Å²) >= 11 is 0. The van der Waals surface area contributed by atoms with Gasteiger partial charge in [0, 0.05) is 18.8 Å². The van der Waals surface area contributed by atoms with E-state index in [1.54, 1.807) is 0 Å². The summed E-state index contributed by atoms with van der Waals surface area (Å²) in [4.78, 5) is 2.06. The van der Waals surface area contributed by atoms with Crippen LogP contribution in [-0.4, -0.2) is 61.6 Å². The minimum Gasteiger partial charge on any atom is -0.492 e. The summed E-state index contributed by atoms with van der Waals surface area (Å²) in [6.45, 7) is 1.63. The zero-order valence-electron chi connectivity index (χ0n) is 11.0. The molecule has 102 valence electrons. The maximum Gasteiger partial charge on any atom is 0.119 e. The molecular weight excluding hydrogens is 232 g/mol. The maximum atomic E-state index is 9.20. The summed E-state index contributed by atoms with van der Waals surface area (Å²) in [5.74, 6) is 0.824. The van der Waals surface area contributed by atoms with Crippen LogP contribution in [0.5, 0.6) is 5.75 Å². The number of aliphatic hydroxyl groups is 2. The minimum atomic E-state index is -0.735. The number of nitrogens with one attached hydrogen (secondary N) is 1. The Balaban J connectivity index is 2.33. The van der Waals surface area contributed by atoms with Crippen molar-refractivity contribution in [1.29, 1.82) is 0 Å². The molecule has 0 aliphatic heterocycles. The molecule has 0 bridgehead atoms. The van der Waals surface area contributed by atoms with Gasteiger partial charge >= 0.3 is 0 Å². The fourth-order valence-electron chi connectivity index (χ4n) is 1.32. The van der Waals surface area contributed by atoms with E-state index in [0.29, 0.717) is 13.2 Å². The van der Waals surface area contributed by atoms with Crippen LogP contribution < -0.4 is 10.1 Å². The number of hydrogen-bond acceptors (Lipinski definition) is 5. The Kier molecular flexibility index (Phi) is 6.49. The third-order valence-corrected chi connectivity index (χ3v) is 2.41. The minimum absolute atomic E-state index is 0.237. The van der Waals surface area contributed by atoms with Crippen molar-refractivity contribution in [1.82, 2.24) is 4.90 Å². The largest absolute Gasteiger partial charge is 0.492 e. The van der Waals surface area contributed by atoms with Gasteiger partial charge < -0.3 is 25.2 Å². The Morgan fingerprint density at radius 1 is 1.28 bits per heavy atom. The number of likely N-dealkylation sites (N-methyl/N-ethyl adjacent to an activating group) is 1. The smallest absolute Gasteiger partial charge is 0.119 e. The van der Waals surface area contributed by atoms with Crippen LogP contribution in [0.4, 0.5) is 5.69 Å². The first kappa shape index (κ1) is 14.8. The number of nitrogens with zero attached hydrogens (tertiary/aromatic N) is 1.